The Hall–Kier alpha value is -1.47. The number of hydrogen-bond donors (Lipinski definition) is 0. The first-order valence-corrected chi connectivity index (χ1v) is 8.55. The molecule has 6 nitrogen and oxygen atoms in total. The summed E-state index contributed by atoms with van der Waals surface area (Å²) in [5.74, 6) is 0.602. The molecule has 0 spiro atoms. The molecule has 1 saturated heterocycles. The van der Waals surface area contributed by atoms with E-state index in [9.17, 15) is 8.42 Å². The smallest absolute Gasteiger partial charge is 0.155 e. The first kappa shape index (κ1) is 13.5. The van der Waals surface area contributed by atoms with Crippen LogP contribution in [0.15, 0.2) is 24.5 Å². The highest BCUT2D eigenvalue weighted by atomic mass is 32.2. The van der Waals surface area contributed by atoms with Gasteiger partial charge in [0, 0.05) is 12.6 Å². The summed E-state index contributed by atoms with van der Waals surface area (Å²) in [6.07, 6.45) is 2.98. The lowest BCUT2D eigenvalue weighted by Gasteiger charge is -2.31. The predicted molar refractivity (Wildman–Crippen MR) is 76.1 cm³/mol. The van der Waals surface area contributed by atoms with E-state index in [0.717, 1.165) is 17.9 Å². The van der Waals surface area contributed by atoms with E-state index in [2.05, 4.69) is 15.0 Å². The van der Waals surface area contributed by atoms with Crippen molar-refractivity contribution in [2.45, 2.75) is 25.4 Å². The normalized spacial score (nSPS) is 19.7. The van der Waals surface area contributed by atoms with Gasteiger partial charge in [0.15, 0.2) is 5.65 Å². The lowest BCUT2D eigenvalue weighted by molar-refractivity contribution is 0.215. The number of nitrogens with zero attached hydrogens (tertiary/aromatic N) is 4. The fourth-order valence-electron chi connectivity index (χ4n) is 2.72. The molecule has 7 heteroatoms. The topological polar surface area (TPSA) is 67.6 Å². The standard InChI is InChI=1S/C13H18N4O2S/c1-16(11-5-7-20(18,19)8-6-11)9-12-3-2-4-13-14-10-15-17(12)13/h2-4,10-11H,5-9H2,1H3. The maximum Gasteiger partial charge on any atom is 0.155 e. The second-order valence-electron chi connectivity index (χ2n) is 5.35. The van der Waals surface area contributed by atoms with Crippen LogP contribution in [0.25, 0.3) is 5.65 Å². The van der Waals surface area contributed by atoms with Crippen molar-refractivity contribution in [2.24, 2.45) is 0 Å². The summed E-state index contributed by atoms with van der Waals surface area (Å²) >= 11 is 0. The van der Waals surface area contributed by atoms with Gasteiger partial charge >= 0.3 is 0 Å². The van der Waals surface area contributed by atoms with Crippen LogP contribution in [0.5, 0.6) is 0 Å². The molecular formula is C13H18N4O2S. The van der Waals surface area contributed by atoms with Gasteiger partial charge in [-0.05, 0) is 32.0 Å². The van der Waals surface area contributed by atoms with Crippen LogP contribution in [-0.4, -0.2) is 52.5 Å². The highest BCUT2D eigenvalue weighted by molar-refractivity contribution is 7.91. The molecule has 0 N–H and O–H groups in total. The molecule has 3 rings (SSSR count). The molecule has 2 aromatic heterocycles. The molecule has 3 heterocycles. The fraction of sp³-hybridized carbons (Fsp3) is 0.538. The molecule has 0 unspecified atom stereocenters. The maximum atomic E-state index is 11.5. The van der Waals surface area contributed by atoms with E-state index in [1.165, 1.54) is 0 Å². The van der Waals surface area contributed by atoms with Gasteiger partial charge in [-0.2, -0.15) is 5.10 Å². The first-order chi connectivity index (χ1) is 9.55. The molecule has 0 bridgehead atoms. The van der Waals surface area contributed by atoms with Crippen LogP contribution in [0, 0.1) is 0 Å². The number of hydrogen-bond acceptors (Lipinski definition) is 5. The second-order valence-corrected chi connectivity index (χ2v) is 7.65. The lowest BCUT2D eigenvalue weighted by atomic mass is 10.1. The third-order valence-corrected chi connectivity index (χ3v) is 5.65. The molecule has 0 aliphatic carbocycles. The van der Waals surface area contributed by atoms with Gasteiger partial charge in [-0.3, -0.25) is 4.90 Å². The largest absolute Gasteiger partial charge is 0.298 e. The van der Waals surface area contributed by atoms with Crippen molar-refractivity contribution in [1.29, 1.82) is 0 Å². The Labute approximate surface area is 118 Å². The molecule has 20 heavy (non-hydrogen) atoms. The van der Waals surface area contributed by atoms with Gasteiger partial charge in [0.25, 0.3) is 0 Å². The highest BCUT2D eigenvalue weighted by Gasteiger charge is 2.26. The Morgan fingerprint density at radius 1 is 1.35 bits per heavy atom. The summed E-state index contributed by atoms with van der Waals surface area (Å²) in [7, 11) is -0.762. The van der Waals surface area contributed by atoms with Gasteiger partial charge in [-0.1, -0.05) is 6.07 Å². The van der Waals surface area contributed by atoms with Crippen LogP contribution >= 0.6 is 0 Å². The molecule has 0 saturated carbocycles. The summed E-state index contributed by atoms with van der Waals surface area (Å²) in [5.41, 5.74) is 1.90. The van der Waals surface area contributed by atoms with E-state index in [-0.39, 0.29) is 0 Å². The molecule has 2 aromatic rings. The average Bonchev–Trinajstić information content (AvgIpc) is 2.88. The molecular weight excluding hydrogens is 276 g/mol. The number of sulfone groups is 1. The zero-order chi connectivity index (χ0) is 14.2. The average molecular weight is 294 g/mol. The SMILES string of the molecule is CN(Cc1cccc2ncnn12)C1CCS(=O)(=O)CC1. The second kappa shape index (κ2) is 5.14. The highest BCUT2D eigenvalue weighted by Crippen LogP contribution is 2.19. The Kier molecular flexibility index (Phi) is 3.47. The third-order valence-electron chi connectivity index (χ3n) is 3.94. The van der Waals surface area contributed by atoms with Crippen molar-refractivity contribution in [3.05, 3.63) is 30.2 Å². The van der Waals surface area contributed by atoms with E-state index < -0.39 is 9.84 Å². The summed E-state index contributed by atoms with van der Waals surface area (Å²) in [5, 5.41) is 4.22. The van der Waals surface area contributed by atoms with Gasteiger partial charge in [-0.15, -0.1) is 0 Å². The molecule has 0 radical (unpaired) electrons. The van der Waals surface area contributed by atoms with Gasteiger partial charge in [0.05, 0.1) is 17.2 Å². The van der Waals surface area contributed by atoms with Crippen LogP contribution in [0.3, 0.4) is 0 Å². The van der Waals surface area contributed by atoms with Gasteiger partial charge in [0.2, 0.25) is 0 Å². The van der Waals surface area contributed by atoms with Gasteiger partial charge in [0.1, 0.15) is 16.2 Å². The maximum absolute atomic E-state index is 11.5. The summed E-state index contributed by atoms with van der Waals surface area (Å²) < 4.78 is 24.8. The number of aromatic nitrogens is 3. The van der Waals surface area contributed by atoms with Crippen LogP contribution in [0.4, 0.5) is 0 Å². The monoisotopic (exact) mass is 294 g/mol. The van der Waals surface area contributed by atoms with Gasteiger partial charge in [-0.25, -0.2) is 17.9 Å². The predicted octanol–water partition coefficient (Wildman–Crippen LogP) is 0.738. The van der Waals surface area contributed by atoms with Gasteiger partial charge < -0.3 is 0 Å². The summed E-state index contributed by atoms with van der Waals surface area (Å²) in [4.78, 5) is 6.39. The van der Waals surface area contributed by atoms with Crippen LogP contribution in [0.2, 0.25) is 0 Å². The molecule has 1 aliphatic heterocycles. The third kappa shape index (κ3) is 2.69. The van der Waals surface area contributed by atoms with Crippen molar-refractivity contribution < 1.29 is 8.42 Å². The Morgan fingerprint density at radius 3 is 2.85 bits per heavy atom. The minimum atomic E-state index is -2.80. The molecule has 0 aromatic carbocycles. The van der Waals surface area contributed by atoms with E-state index in [1.807, 2.05) is 29.8 Å². The molecule has 108 valence electrons. The molecule has 0 amide bonds. The first-order valence-electron chi connectivity index (χ1n) is 6.73. The molecule has 1 fully saturated rings. The van der Waals surface area contributed by atoms with Crippen molar-refractivity contribution in [2.75, 3.05) is 18.6 Å². The van der Waals surface area contributed by atoms with Crippen molar-refractivity contribution in [3.63, 3.8) is 0 Å². The van der Waals surface area contributed by atoms with Crippen molar-refractivity contribution >= 4 is 15.5 Å². The van der Waals surface area contributed by atoms with Crippen molar-refractivity contribution in [1.82, 2.24) is 19.5 Å². The van der Waals surface area contributed by atoms with Crippen LogP contribution in [-0.2, 0) is 16.4 Å². The minimum absolute atomic E-state index is 0.301. The van der Waals surface area contributed by atoms with E-state index >= 15 is 0 Å². The van der Waals surface area contributed by atoms with E-state index in [4.69, 9.17) is 0 Å². The lowest BCUT2D eigenvalue weighted by Crippen LogP contribution is -2.38. The zero-order valence-electron chi connectivity index (χ0n) is 11.4. The Balaban J connectivity index is 1.73. The summed E-state index contributed by atoms with van der Waals surface area (Å²) in [6.45, 7) is 0.741. The zero-order valence-corrected chi connectivity index (χ0v) is 12.3. The number of rotatable bonds is 3. The summed E-state index contributed by atoms with van der Waals surface area (Å²) in [6, 6.07) is 6.23. The van der Waals surface area contributed by atoms with Crippen LogP contribution < -0.4 is 0 Å². The quantitative estimate of drug-likeness (QED) is 0.835. The molecule has 0 atom stereocenters. The number of pyridine rings is 1. The van der Waals surface area contributed by atoms with Crippen molar-refractivity contribution in [3.8, 4) is 0 Å². The van der Waals surface area contributed by atoms with Crippen LogP contribution in [0.1, 0.15) is 18.5 Å². The number of fused-ring (bicyclic) bond motifs is 1. The molecule has 1 aliphatic rings. The Morgan fingerprint density at radius 2 is 2.10 bits per heavy atom. The Bertz CT molecular complexity index is 696. The van der Waals surface area contributed by atoms with E-state index in [1.54, 1.807) is 6.33 Å². The minimum Gasteiger partial charge on any atom is -0.298 e. The fourth-order valence-corrected chi connectivity index (χ4v) is 4.19. The van der Waals surface area contributed by atoms with E-state index in [0.29, 0.717) is 30.4 Å².